The highest BCUT2D eigenvalue weighted by Crippen LogP contribution is 2.19. The minimum Gasteiger partial charge on any atom is -0.310 e. The number of hydrogen-bond acceptors (Lipinski definition) is 2. The van der Waals surface area contributed by atoms with E-state index in [1.165, 1.54) is 54.6 Å². The molecule has 0 atom stereocenters. The molecule has 0 amide bonds. The summed E-state index contributed by atoms with van der Waals surface area (Å²) in [4.78, 5) is 1.18. The van der Waals surface area contributed by atoms with Crippen molar-refractivity contribution in [2.45, 2.75) is 56.8 Å². The first-order chi connectivity index (χ1) is 9.33. The molecule has 0 heterocycles. The molecule has 0 saturated carbocycles. The molecule has 0 spiro atoms. The summed E-state index contributed by atoms with van der Waals surface area (Å²) in [5.74, 6) is 2.68. The summed E-state index contributed by atoms with van der Waals surface area (Å²) < 4.78 is 5.59. The summed E-state index contributed by atoms with van der Waals surface area (Å²) in [5, 5.41) is 0. The number of aryl methyl sites for hydroxylation is 1. The minimum atomic E-state index is 0.836. The van der Waals surface area contributed by atoms with Gasteiger partial charge < -0.3 is 4.18 Å². The fraction of sp³-hybridized carbons (Fsp3) is 0.529. The van der Waals surface area contributed by atoms with Crippen LogP contribution in [0.5, 0.6) is 0 Å². The molecule has 0 unspecified atom stereocenters. The highest BCUT2D eigenvalue weighted by molar-refractivity contribution is 7.94. The largest absolute Gasteiger partial charge is 0.310 e. The van der Waals surface area contributed by atoms with Crippen LogP contribution in [0, 0.1) is 19.3 Å². The quantitative estimate of drug-likeness (QED) is 0.322. The van der Waals surface area contributed by atoms with Crippen molar-refractivity contribution in [1.82, 2.24) is 0 Å². The zero-order valence-corrected chi connectivity index (χ0v) is 12.7. The van der Waals surface area contributed by atoms with Gasteiger partial charge in [0, 0.05) is 23.4 Å². The lowest BCUT2D eigenvalue weighted by molar-refractivity contribution is 0.354. The first kappa shape index (κ1) is 16.1. The fourth-order valence-electron chi connectivity index (χ4n) is 1.80. The van der Waals surface area contributed by atoms with Crippen molar-refractivity contribution in [3.05, 3.63) is 29.8 Å². The van der Waals surface area contributed by atoms with Crippen LogP contribution in [0.3, 0.4) is 0 Å². The Morgan fingerprint density at radius 2 is 1.63 bits per heavy atom. The van der Waals surface area contributed by atoms with E-state index in [1.54, 1.807) is 0 Å². The molecule has 1 aromatic rings. The molecule has 0 aliphatic heterocycles. The third-order valence-corrected chi connectivity index (χ3v) is 3.72. The Balaban J connectivity index is 1.89. The molecule has 1 rings (SSSR count). The lowest BCUT2D eigenvalue weighted by Crippen LogP contribution is -1.88. The second kappa shape index (κ2) is 11.0. The SMILES string of the molecule is C#CCCCCCCCCOSc1ccc(C)cc1. The van der Waals surface area contributed by atoms with E-state index in [-0.39, 0.29) is 0 Å². The minimum absolute atomic E-state index is 0.836. The van der Waals surface area contributed by atoms with E-state index in [4.69, 9.17) is 10.6 Å². The van der Waals surface area contributed by atoms with E-state index in [1.807, 2.05) is 0 Å². The van der Waals surface area contributed by atoms with Crippen molar-refractivity contribution < 1.29 is 4.18 Å². The third kappa shape index (κ3) is 8.75. The van der Waals surface area contributed by atoms with Gasteiger partial charge in [0.15, 0.2) is 0 Å². The molecule has 2 heteroatoms. The molecule has 0 N–H and O–H groups in total. The second-order valence-electron chi connectivity index (χ2n) is 4.79. The summed E-state index contributed by atoms with van der Waals surface area (Å²) in [6, 6.07) is 8.43. The number of benzene rings is 1. The molecule has 0 fully saturated rings. The lowest BCUT2D eigenvalue weighted by atomic mass is 10.1. The lowest BCUT2D eigenvalue weighted by Gasteiger charge is -2.03. The van der Waals surface area contributed by atoms with Crippen LogP contribution >= 0.6 is 12.0 Å². The number of terminal acetylenes is 1. The zero-order valence-electron chi connectivity index (χ0n) is 11.9. The maximum absolute atomic E-state index is 5.59. The van der Waals surface area contributed by atoms with E-state index >= 15 is 0 Å². The molecule has 0 saturated heterocycles. The Morgan fingerprint density at radius 3 is 2.32 bits per heavy atom. The van der Waals surface area contributed by atoms with Crippen LogP contribution in [0.15, 0.2) is 29.2 Å². The van der Waals surface area contributed by atoms with Gasteiger partial charge in [-0.3, -0.25) is 0 Å². The highest BCUT2D eigenvalue weighted by atomic mass is 32.2. The molecule has 19 heavy (non-hydrogen) atoms. The summed E-state index contributed by atoms with van der Waals surface area (Å²) in [5.41, 5.74) is 1.29. The van der Waals surface area contributed by atoms with Crippen LogP contribution in [0.4, 0.5) is 0 Å². The van der Waals surface area contributed by atoms with Crippen molar-refractivity contribution in [3.63, 3.8) is 0 Å². The van der Waals surface area contributed by atoms with Gasteiger partial charge in [0.25, 0.3) is 0 Å². The van der Waals surface area contributed by atoms with Gasteiger partial charge >= 0.3 is 0 Å². The van der Waals surface area contributed by atoms with Gasteiger partial charge in [0.2, 0.25) is 0 Å². The van der Waals surface area contributed by atoms with Crippen LogP contribution in [0.1, 0.15) is 50.5 Å². The molecular formula is C17H24OS. The van der Waals surface area contributed by atoms with E-state index in [0.717, 1.165) is 19.4 Å². The molecule has 0 radical (unpaired) electrons. The van der Waals surface area contributed by atoms with E-state index in [9.17, 15) is 0 Å². The van der Waals surface area contributed by atoms with Crippen molar-refractivity contribution >= 4 is 12.0 Å². The van der Waals surface area contributed by atoms with Gasteiger partial charge in [-0.05, 0) is 31.9 Å². The highest BCUT2D eigenvalue weighted by Gasteiger charge is 1.95. The zero-order chi connectivity index (χ0) is 13.8. The Hall–Kier alpha value is -0.910. The van der Waals surface area contributed by atoms with Gasteiger partial charge in [-0.1, -0.05) is 43.4 Å². The average Bonchev–Trinajstić information content (AvgIpc) is 2.43. The van der Waals surface area contributed by atoms with Gasteiger partial charge in [-0.2, -0.15) is 0 Å². The maximum atomic E-state index is 5.59. The fourth-order valence-corrected chi connectivity index (χ4v) is 2.38. The third-order valence-electron chi connectivity index (χ3n) is 2.97. The molecule has 1 nitrogen and oxygen atoms in total. The Labute approximate surface area is 122 Å². The molecule has 0 bridgehead atoms. The standard InChI is InChI=1S/C17H24OS/c1-3-4-5-6-7-8-9-10-15-18-19-17-13-11-16(2)12-14-17/h1,11-14H,4-10,15H2,2H3. The van der Waals surface area contributed by atoms with Gasteiger partial charge in [-0.25, -0.2) is 0 Å². The van der Waals surface area contributed by atoms with Gasteiger partial charge in [0.1, 0.15) is 0 Å². The molecule has 1 aromatic carbocycles. The van der Waals surface area contributed by atoms with Gasteiger partial charge in [0.05, 0.1) is 6.61 Å². The Kier molecular flexibility index (Phi) is 9.32. The number of unbranched alkanes of at least 4 members (excludes halogenated alkanes) is 6. The number of hydrogen-bond donors (Lipinski definition) is 0. The topological polar surface area (TPSA) is 9.23 Å². The second-order valence-corrected chi connectivity index (χ2v) is 5.67. The average molecular weight is 276 g/mol. The summed E-state index contributed by atoms with van der Waals surface area (Å²) >= 11 is 1.48. The van der Waals surface area contributed by atoms with Crippen LogP contribution < -0.4 is 0 Å². The van der Waals surface area contributed by atoms with Gasteiger partial charge in [-0.15, -0.1) is 12.3 Å². The smallest absolute Gasteiger partial charge is 0.0618 e. The Bertz CT molecular complexity index is 364. The van der Waals surface area contributed by atoms with Crippen LogP contribution in [-0.4, -0.2) is 6.61 Å². The van der Waals surface area contributed by atoms with Crippen molar-refractivity contribution in [2.75, 3.05) is 6.61 Å². The summed E-state index contributed by atoms with van der Waals surface area (Å²) in [6.45, 7) is 2.93. The van der Waals surface area contributed by atoms with Crippen molar-refractivity contribution in [2.24, 2.45) is 0 Å². The molecular weight excluding hydrogens is 252 g/mol. The molecule has 104 valence electrons. The normalized spacial score (nSPS) is 10.3. The van der Waals surface area contributed by atoms with Crippen molar-refractivity contribution in [3.8, 4) is 12.3 Å². The first-order valence-corrected chi connectivity index (χ1v) is 7.86. The van der Waals surface area contributed by atoms with E-state index < -0.39 is 0 Å². The summed E-state index contributed by atoms with van der Waals surface area (Å²) in [6.07, 6.45) is 13.6. The van der Waals surface area contributed by atoms with Crippen LogP contribution in [-0.2, 0) is 4.18 Å². The molecule has 0 aromatic heterocycles. The van der Waals surface area contributed by atoms with E-state index in [0.29, 0.717) is 0 Å². The first-order valence-electron chi connectivity index (χ1n) is 7.12. The monoisotopic (exact) mass is 276 g/mol. The molecule has 0 aliphatic rings. The van der Waals surface area contributed by atoms with E-state index in [2.05, 4.69) is 37.1 Å². The maximum Gasteiger partial charge on any atom is 0.0618 e. The van der Waals surface area contributed by atoms with Crippen LogP contribution in [0.2, 0.25) is 0 Å². The predicted octanol–water partition coefficient (Wildman–Crippen LogP) is 5.38. The number of rotatable bonds is 10. The summed E-state index contributed by atoms with van der Waals surface area (Å²) in [7, 11) is 0. The Morgan fingerprint density at radius 1 is 1.00 bits per heavy atom. The van der Waals surface area contributed by atoms with Crippen molar-refractivity contribution in [1.29, 1.82) is 0 Å². The van der Waals surface area contributed by atoms with Crippen LogP contribution in [0.25, 0.3) is 0 Å². The molecule has 0 aliphatic carbocycles. The predicted molar refractivity (Wildman–Crippen MR) is 84.1 cm³/mol.